The summed E-state index contributed by atoms with van der Waals surface area (Å²) in [6, 6.07) is 2.68. The molecular formula is C23H24F2N4O5S. The first-order valence-electron chi connectivity index (χ1n) is 10.7. The van der Waals surface area contributed by atoms with Crippen molar-refractivity contribution in [2.45, 2.75) is 18.5 Å². The highest BCUT2D eigenvalue weighted by Crippen LogP contribution is 2.39. The van der Waals surface area contributed by atoms with Crippen LogP contribution in [0.4, 0.5) is 8.78 Å². The van der Waals surface area contributed by atoms with Gasteiger partial charge in [0, 0.05) is 30.4 Å². The Morgan fingerprint density at radius 3 is 2.74 bits per heavy atom. The molecule has 0 aliphatic carbocycles. The number of carbonyl (C=O) groups excluding carboxylic acids is 2. The SMILES string of the molecule is COC(=O)C1=C(CN2CCOCC2C(=O)OC)NC(c2nccs2)=N[C@@]1(C)c1ccc(F)c(F)c1. The molecule has 2 aliphatic heterocycles. The van der Waals surface area contributed by atoms with Crippen LogP contribution in [0.25, 0.3) is 0 Å². The second-order valence-electron chi connectivity index (χ2n) is 8.05. The number of hydrogen-bond acceptors (Lipinski definition) is 10. The molecule has 1 aromatic heterocycles. The van der Waals surface area contributed by atoms with Gasteiger partial charge in [-0.25, -0.2) is 23.6 Å². The third-order valence-electron chi connectivity index (χ3n) is 5.97. The fraction of sp³-hybridized carbons (Fsp3) is 0.391. The molecule has 186 valence electrons. The molecule has 0 spiro atoms. The van der Waals surface area contributed by atoms with E-state index in [1.54, 1.807) is 18.5 Å². The molecule has 9 nitrogen and oxygen atoms in total. The number of thiazole rings is 1. The number of amidine groups is 1. The highest BCUT2D eigenvalue weighted by molar-refractivity contribution is 7.11. The van der Waals surface area contributed by atoms with Crippen LogP contribution >= 0.6 is 11.3 Å². The summed E-state index contributed by atoms with van der Waals surface area (Å²) in [5.41, 5.74) is -0.714. The molecular weight excluding hydrogens is 482 g/mol. The van der Waals surface area contributed by atoms with Crippen LogP contribution < -0.4 is 5.32 Å². The van der Waals surface area contributed by atoms with Gasteiger partial charge in [-0.05, 0) is 24.6 Å². The topological polar surface area (TPSA) is 102 Å². The minimum absolute atomic E-state index is 0.0985. The number of rotatable bonds is 6. The molecule has 0 saturated carbocycles. The van der Waals surface area contributed by atoms with Crippen molar-refractivity contribution in [2.24, 2.45) is 4.99 Å². The van der Waals surface area contributed by atoms with Gasteiger partial charge in [-0.3, -0.25) is 9.69 Å². The number of carbonyl (C=O) groups is 2. The number of ether oxygens (including phenoxy) is 3. The van der Waals surface area contributed by atoms with Gasteiger partial charge in [0.1, 0.15) is 11.6 Å². The predicted molar refractivity (Wildman–Crippen MR) is 123 cm³/mol. The third-order valence-corrected chi connectivity index (χ3v) is 6.75. The molecule has 1 saturated heterocycles. The number of aromatic nitrogens is 1. The highest BCUT2D eigenvalue weighted by Gasteiger charge is 2.44. The average molecular weight is 507 g/mol. The minimum atomic E-state index is -1.45. The summed E-state index contributed by atoms with van der Waals surface area (Å²) < 4.78 is 43.5. The van der Waals surface area contributed by atoms with Gasteiger partial charge in [0.2, 0.25) is 0 Å². The molecule has 3 heterocycles. The predicted octanol–water partition coefficient (Wildman–Crippen LogP) is 1.99. The maximum atomic E-state index is 14.3. The maximum absolute atomic E-state index is 14.3. The van der Waals surface area contributed by atoms with Crippen molar-refractivity contribution < 1.29 is 32.6 Å². The number of benzene rings is 1. The fourth-order valence-electron chi connectivity index (χ4n) is 4.18. The van der Waals surface area contributed by atoms with Crippen molar-refractivity contribution >= 4 is 29.1 Å². The van der Waals surface area contributed by atoms with E-state index in [1.165, 1.54) is 31.6 Å². The smallest absolute Gasteiger partial charge is 0.338 e. The molecule has 1 N–H and O–H groups in total. The van der Waals surface area contributed by atoms with Crippen molar-refractivity contribution in [3.05, 3.63) is 63.3 Å². The number of methoxy groups -OCH3 is 2. The molecule has 12 heteroatoms. The summed E-state index contributed by atoms with van der Waals surface area (Å²) in [5, 5.41) is 5.47. The molecule has 0 amide bonds. The lowest BCUT2D eigenvalue weighted by Crippen LogP contribution is -2.53. The fourth-order valence-corrected chi connectivity index (χ4v) is 4.76. The van der Waals surface area contributed by atoms with E-state index in [2.05, 4.69) is 10.3 Å². The van der Waals surface area contributed by atoms with Crippen molar-refractivity contribution in [3.8, 4) is 0 Å². The molecule has 0 bridgehead atoms. The van der Waals surface area contributed by atoms with Crippen LogP contribution in [0, 0.1) is 11.6 Å². The first-order valence-corrected chi connectivity index (χ1v) is 11.6. The molecule has 1 aromatic carbocycles. The first-order chi connectivity index (χ1) is 16.8. The van der Waals surface area contributed by atoms with Crippen LogP contribution in [-0.2, 0) is 29.3 Å². The number of aliphatic imine (C=N–C) groups is 1. The Kier molecular flexibility index (Phi) is 7.24. The van der Waals surface area contributed by atoms with Crippen molar-refractivity contribution in [1.82, 2.24) is 15.2 Å². The minimum Gasteiger partial charge on any atom is -0.468 e. The summed E-state index contributed by atoms with van der Waals surface area (Å²) in [6.07, 6.45) is 1.60. The zero-order valence-electron chi connectivity index (χ0n) is 19.3. The normalized spacial score (nSPS) is 22.9. The van der Waals surface area contributed by atoms with E-state index in [0.29, 0.717) is 29.7 Å². The second-order valence-corrected chi connectivity index (χ2v) is 8.95. The molecule has 1 fully saturated rings. The van der Waals surface area contributed by atoms with Gasteiger partial charge in [-0.1, -0.05) is 6.07 Å². The zero-order chi connectivity index (χ0) is 25.2. The van der Waals surface area contributed by atoms with E-state index in [-0.39, 0.29) is 24.3 Å². The molecule has 2 aliphatic rings. The van der Waals surface area contributed by atoms with Crippen LogP contribution in [0.1, 0.15) is 17.5 Å². The Morgan fingerprint density at radius 2 is 2.09 bits per heavy atom. The summed E-state index contributed by atoms with van der Waals surface area (Å²) in [4.78, 5) is 36.3. The summed E-state index contributed by atoms with van der Waals surface area (Å²) in [5.74, 6) is -2.92. The number of hydrogen-bond donors (Lipinski definition) is 1. The van der Waals surface area contributed by atoms with Crippen LogP contribution in [-0.4, -0.2) is 74.2 Å². The summed E-state index contributed by atoms with van der Waals surface area (Å²) >= 11 is 1.32. The lowest BCUT2D eigenvalue weighted by molar-refractivity contribution is -0.152. The van der Waals surface area contributed by atoms with E-state index in [9.17, 15) is 18.4 Å². The van der Waals surface area contributed by atoms with E-state index in [4.69, 9.17) is 19.2 Å². The average Bonchev–Trinajstić information content (AvgIpc) is 3.40. The van der Waals surface area contributed by atoms with Gasteiger partial charge < -0.3 is 19.5 Å². The number of halogens is 2. The van der Waals surface area contributed by atoms with Gasteiger partial charge in [-0.15, -0.1) is 11.3 Å². The van der Waals surface area contributed by atoms with Gasteiger partial charge in [0.05, 0.1) is 33.0 Å². The Balaban J connectivity index is 1.87. The van der Waals surface area contributed by atoms with Crippen molar-refractivity contribution in [1.29, 1.82) is 0 Å². The van der Waals surface area contributed by atoms with E-state index < -0.39 is 35.2 Å². The molecule has 1 unspecified atom stereocenters. The molecule has 2 atom stereocenters. The molecule has 4 rings (SSSR count). The Hall–Kier alpha value is -3.22. The number of nitrogens with zero attached hydrogens (tertiary/aromatic N) is 3. The highest BCUT2D eigenvalue weighted by atomic mass is 32.1. The summed E-state index contributed by atoms with van der Waals surface area (Å²) in [6.45, 7) is 2.63. The summed E-state index contributed by atoms with van der Waals surface area (Å²) in [7, 11) is 2.52. The van der Waals surface area contributed by atoms with Gasteiger partial charge in [-0.2, -0.15) is 0 Å². The number of nitrogens with one attached hydrogen (secondary N) is 1. The van der Waals surface area contributed by atoms with E-state index >= 15 is 0 Å². The molecule has 35 heavy (non-hydrogen) atoms. The van der Waals surface area contributed by atoms with E-state index in [0.717, 1.165) is 12.1 Å². The number of morpholine rings is 1. The van der Waals surface area contributed by atoms with Crippen LogP contribution in [0.15, 0.2) is 46.0 Å². The third kappa shape index (κ3) is 4.81. The van der Waals surface area contributed by atoms with Crippen molar-refractivity contribution in [2.75, 3.05) is 40.5 Å². The van der Waals surface area contributed by atoms with Crippen LogP contribution in [0.2, 0.25) is 0 Å². The second kappa shape index (κ2) is 10.2. The van der Waals surface area contributed by atoms with Gasteiger partial charge >= 0.3 is 11.9 Å². The maximum Gasteiger partial charge on any atom is 0.338 e. The number of esters is 2. The van der Waals surface area contributed by atoms with Crippen LogP contribution in [0.3, 0.4) is 0 Å². The lowest BCUT2D eigenvalue weighted by Gasteiger charge is -2.38. The standard InChI is InChI=1S/C23H24F2N4O5S/c1-23(13-4-5-14(24)15(25)10-13)18(22(31)33-3)16(27-19(28-23)20-26-6-9-35-20)11-29-7-8-34-12-17(29)21(30)32-2/h4-6,9-10,17H,7-8,11-12H2,1-3H3,(H,27,28)/t17?,23-/m0/s1. The Bertz CT molecular complexity index is 1190. The largest absolute Gasteiger partial charge is 0.468 e. The van der Waals surface area contributed by atoms with Crippen molar-refractivity contribution in [3.63, 3.8) is 0 Å². The monoisotopic (exact) mass is 506 g/mol. The van der Waals surface area contributed by atoms with E-state index in [1.807, 2.05) is 4.90 Å². The first kappa shape index (κ1) is 24.9. The molecule has 2 aromatic rings. The molecule has 0 radical (unpaired) electrons. The Morgan fingerprint density at radius 1 is 1.29 bits per heavy atom. The van der Waals surface area contributed by atoms with Gasteiger partial charge in [0.15, 0.2) is 22.5 Å². The van der Waals surface area contributed by atoms with Gasteiger partial charge in [0.25, 0.3) is 0 Å². The van der Waals surface area contributed by atoms with Crippen LogP contribution in [0.5, 0.6) is 0 Å². The Labute approximate surface area is 204 Å². The quantitative estimate of drug-likeness (QED) is 0.594. The zero-order valence-corrected chi connectivity index (χ0v) is 20.2. The lowest BCUT2D eigenvalue weighted by atomic mass is 9.82.